The molecule has 4 aliphatic rings. The van der Waals surface area contributed by atoms with Crippen molar-refractivity contribution in [2.45, 2.75) is 97.2 Å². The van der Waals surface area contributed by atoms with E-state index in [0.29, 0.717) is 29.1 Å². The number of carbonyl (C=O) groups is 2. The molecule has 4 heteroatoms. The number of hydrogen-bond donors (Lipinski definition) is 0. The Labute approximate surface area is 210 Å². The molecule has 0 N–H and O–H groups in total. The van der Waals surface area contributed by atoms with Gasteiger partial charge in [-0.15, -0.1) is 0 Å². The lowest BCUT2D eigenvalue weighted by molar-refractivity contribution is -0.178. The van der Waals surface area contributed by atoms with Crippen molar-refractivity contribution in [3.63, 3.8) is 0 Å². The van der Waals surface area contributed by atoms with Crippen LogP contribution in [0.15, 0.2) is 30.3 Å². The fourth-order valence-electron chi connectivity index (χ4n) is 8.90. The minimum atomic E-state index is -0.713. The first-order valence-electron chi connectivity index (χ1n) is 13.6. The molecule has 188 valence electrons. The van der Waals surface area contributed by atoms with Gasteiger partial charge in [0.15, 0.2) is 5.60 Å². The number of carbonyl (C=O) groups excluding carboxylic acids is 2. The molecular formula is C31H40O4. The van der Waals surface area contributed by atoms with Crippen LogP contribution >= 0.6 is 0 Å². The van der Waals surface area contributed by atoms with Crippen LogP contribution in [0.1, 0.15) is 91.0 Å². The Morgan fingerprint density at radius 2 is 1.63 bits per heavy atom. The summed E-state index contributed by atoms with van der Waals surface area (Å²) in [4.78, 5) is 23.9. The third kappa shape index (κ3) is 4.09. The van der Waals surface area contributed by atoms with Gasteiger partial charge in [-0.25, -0.2) is 0 Å². The lowest BCUT2D eigenvalue weighted by Gasteiger charge is -2.61. The molecule has 1 aromatic rings. The number of benzene rings is 1. The summed E-state index contributed by atoms with van der Waals surface area (Å²) in [7, 11) is 0. The molecule has 4 saturated carbocycles. The van der Waals surface area contributed by atoms with Crippen molar-refractivity contribution in [1.82, 2.24) is 0 Å². The maximum absolute atomic E-state index is 12.3. The number of ether oxygens (including phenoxy) is 2. The second-order valence-electron chi connectivity index (χ2n) is 12.2. The molecule has 4 aliphatic carbocycles. The van der Waals surface area contributed by atoms with Gasteiger partial charge in [-0.2, -0.15) is 0 Å². The SMILES string of the molecule is CC(=O)O[C@@H]1CC[C@@]2(C)[C@@H](CC[C@@H]3[C@@H]2CC[C@@]2(C)[C@H]3CC[C@@]2(C#Cc2ccccc2)OC(C)=O)C1. The van der Waals surface area contributed by atoms with E-state index in [4.69, 9.17) is 9.47 Å². The van der Waals surface area contributed by atoms with Crippen LogP contribution in [0.5, 0.6) is 0 Å². The number of rotatable bonds is 2. The molecular weight excluding hydrogens is 436 g/mol. The zero-order valence-electron chi connectivity index (χ0n) is 21.8. The van der Waals surface area contributed by atoms with Gasteiger partial charge in [-0.05, 0) is 105 Å². The maximum atomic E-state index is 12.3. The second-order valence-corrected chi connectivity index (χ2v) is 12.2. The Morgan fingerprint density at radius 3 is 2.34 bits per heavy atom. The van der Waals surface area contributed by atoms with Crippen molar-refractivity contribution < 1.29 is 19.1 Å². The maximum Gasteiger partial charge on any atom is 0.304 e. The molecule has 0 radical (unpaired) electrons. The summed E-state index contributed by atoms with van der Waals surface area (Å²) in [5.41, 5.74) is 0.440. The Hall–Kier alpha value is -2.28. The molecule has 0 saturated heterocycles. The first-order valence-corrected chi connectivity index (χ1v) is 13.6. The van der Waals surface area contributed by atoms with E-state index in [-0.39, 0.29) is 23.5 Å². The van der Waals surface area contributed by atoms with Crippen LogP contribution in [0.25, 0.3) is 0 Å². The second kappa shape index (κ2) is 8.99. The van der Waals surface area contributed by atoms with E-state index in [1.165, 1.54) is 33.1 Å². The van der Waals surface area contributed by atoms with E-state index in [1.54, 1.807) is 0 Å². The Balaban J connectivity index is 1.42. The minimum absolute atomic E-state index is 0.0901. The number of hydrogen-bond acceptors (Lipinski definition) is 4. The van der Waals surface area contributed by atoms with Crippen molar-refractivity contribution in [3.8, 4) is 11.8 Å². The number of fused-ring (bicyclic) bond motifs is 5. The predicted octanol–water partition coefficient (Wildman–Crippen LogP) is 6.31. The fraction of sp³-hybridized carbons (Fsp3) is 0.677. The Morgan fingerprint density at radius 1 is 0.886 bits per heavy atom. The summed E-state index contributed by atoms with van der Waals surface area (Å²) in [6, 6.07) is 10.0. The summed E-state index contributed by atoms with van der Waals surface area (Å²) < 4.78 is 11.8. The van der Waals surface area contributed by atoms with E-state index in [1.807, 2.05) is 30.3 Å². The third-order valence-electron chi connectivity index (χ3n) is 10.6. The van der Waals surface area contributed by atoms with E-state index < -0.39 is 5.60 Å². The zero-order valence-corrected chi connectivity index (χ0v) is 21.8. The molecule has 35 heavy (non-hydrogen) atoms. The lowest BCUT2D eigenvalue weighted by atomic mass is 9.44. The standard InChI is InChI=1S/C31H40O4/c1-21(32)34-25-13-16-29(3)24(20-25)10-11-26-27(29)14-17-30(4)28(26)15-19-31(30,35-22(2)33)18-12-23-8-6-5-7-9-23/h5-9,24-28H,10-11,13-17,19-20H2,1-4H3/t24-,25+,26+,27-,28-,29-,30-,31+/m0/s1. The normalized spacial score (nSPS) is 41.9. The first kappa shape index (κ1) is 24.4. The fourth-order valence-corrected chi connectivity index (χ4v) is 8.90. The van der Waals surface area contributed by atoms with Gasteiger partial charge in [-0.3, -0.25) is 9.59 Å². The van der Waals surface area contributed by atoms with Crippen LogP contribution in [-0.2, 0) is 19.1 Å². The van der Waals surface area contributed by atoms with Crippen LogP contribution in [0.3, 0.4) is 0 Å². The van der Waals surface area contributed by atoms with Gasteiger partial charge in [0.2, 0.25) is 0 Å². The van der Waals surface area contributed by atoms with Crippen LogP contribution in [0, 0.1) is 46.3 Å². The van der Waals surface area contributed by atoms with Gasteiger partial charge < -0.3 is 9.47 Å². The van der Waals surface area contributed by atoms with Crippen molar-refractivity contribution in [3.05, 3.63) is 35.9 Å². The Bertz CT molecular complexity index is 1040. The molecule has 8 atom stereocenters. The molecule has 4 fully saturated rings. The molecule has 0 heterocycles. The predicted molar refractivity (Wildman–Crippen MR) is 135 cm³/mol. The highest BCUT2D eigenvalue weighted by molar-refractivity contribution is 5.67. The summed E-state index contributed by atoms with van der Waals surface area (Å²) in [5.74, 6) is 9.01. The summed E-state index contributed by atoms with van der Waals surface area (Å²) in [5, 5.41) is 0. The topological polar surface area (TPSA) is 52.6 Å². The molecule has 0 spiro atoms. The van der Waals surface area contributed by atoms with Crippen molar-refractivity contribution in [2.75, 3.05) is 0 Å². The smallest absolute Gasteiger partial charge is 0.304 e. The molecule has 1 aromatic carbocycles. The van der Waals surface area contributed by atoms with Crippen LogP contribution < -0.4 is 0 Å². The molecule has 0 amide bonds. The molecule has 0 unspecified atom stereocenters. The summed E-state index contributed by atoms with van der Waals surface area (Å²) >= 11 is 0. The van der Waals surface area contributed by atoms with E-state index in [0.717, 1.165) is 44.1 Å². The van der Waals surface area contributed by atoms with Gasteiger partial charge in [0.1, 0.15) is 6.10 Å². The van der Waals surface area contributed by atoms with Gasteiger partial charge >= 0.3 is 11.9 Å². The Kier molecular flexibility index (Phi) is 6.27. The van der Waals surface area contributed by atoms with Crippen molar-refractivity contribution >= 4 is 11.9 Å². The van der Waals surface area contributed by atoms with Crippen LogP contribution in [0.2, 0.25) is 0 Å². The largest absolute Gasteiger partial charge is 0.463 e. The highest BCUT2D eigenvalue weighted by Gasteiger charge is 2.66. The van der Waals surface area contributed by atoms with Gasteiger partial charge in [-0.1, -0.05) is 38.0 Å². The monoisotopic (exact) mass is 476 g/mol. The molecule has 4 nitrogen and oxygen atoms in total. The van der Waals surface area contributed by atoms with Gasteiger partial charge in [0, 0.05) is 24.8 Å². The molecule has 0 bridgehead atoms. The summed E-state index contributed by atoms with van der Waals surface area (Å²) in [6.07, 6.45) is 9.77. The zero-order chi connectivity index (χ0) is 24.8. The van der Waals surface area contributed by atoms with E-state index in [2.05, 4.69) is 25.7 Å². The lowest BCUT2D eigenvalue weighted by Crippen LogP contribution is -2.57. The summed E-state index contributed by atoms with van der Waals surface area (Å²) in [6.45, 7) is 7.94. The molecule has 0 aromatic heterocycles. The van der Waals surface area contributed by atoms with Crippen LogP contribution in [-0.4, -0.2) is 23.6 Å². The van der Waals surface area contributed by atoms with E-state index in [9.17, 15) is 9.59 Å². The van der Waals surface area contributed by atoms with Gasteiger partial charge in [0.25, 0.3) is 0 Å². The highest BCUT2D eigenvalue weighted by Crippen LogP contribution is 2.69. The van der Waals surface area contributed by atoms with Crippen molar-refractivity contribution in [1.29, 1.82) is 0 Å². The minimum Gasteiger partial charge on any atom is -0.463 e. The highest BCUT2D eigenvalue weighted by atomic mass is 16.6. The van der Waals surface area contributed by atoms with Crippen LogP contribution in [0.4, 0.5) is 0 Å². The van der Waals surface area contributed by atoms with Crippen molar-refractivity contribution in [2.24, 2.45) is 34.5 Å². The average Bonchev–Trinajstić information content (AvgIpc) is 3.10. The van der Waals surface area contributed by atoms with Gasteiger partial charge in [0.05, 0.1) is 0 Å². The third-order valence-corrected chi connectivity index (χ3v) is 10.6. The molecule has 0 aliphatic heterocycles. The quantitative estimate of drug-likeness (QED) is 0.370. The first-order chi connectivity index (χ1) is 16.7. The molecule has 5 rings (SSSR count). The number of esters is 2. The average molecular weight is 477 g/mol. The van der Waals surface area contributed by atoms with E-state index >= 15 is 0 Å².